The molecule has 2 saturated heterocycles. The number of rotatable bonds is 7. The van der Waals surface area contributed by atoms with Gasteiger partial charge in [-0.3, -0.25) is 9.59 Å². The summed E-state index contributed by atoms with van der Waals surface area (Å²) < 4.78 is 5.61. The number of amides is 2. The van der Waals surface area contributed by atoms with E-state index in [0.29, 0.717) is 12.1 Å². The van der Waals surface area contributed by atoms with E-state index in [1.54, 1.807) is 6.08 Å². The largest absolute Gasteiger partial charge is 0.376 e. The molecule has 0 saturated carbocycles. The molecule has 6 nitrogen and oxygen atoms in total. The quantitative estimate of drug-likeness (QED) is 0.657. The van der Waals surface area contributed by atoms with Crippen LogP contribution < -0.4 is 15.5 Å². The average molecular weight is 434 g/mol. The van der Waals surface area contributed by atoms with Crippen LogP contribution in [0.3, 0.4) is 0 Å². The van der Waals surface area contributed by atoms with Gasteiger partial charge in [0.15, 0.2) is 0 Å². The summed E-state index contributed by atoms with van der Waals surface area (Å²) in [5, 5.41) is 6.13. The van der Waals surface area contributed by atoms with E-state index in [1.807, 2.05) is 60.7 Å². The molecule has 2 amide bonds. The Hall–Kier alpha value is -3.12. The number of nitrogens with zero attached hydrogens (tertiary/aromatic N) is 1. The molecule has 2 aromatic carbocycles. The number of para-hydroxylation sites is 1. The summed E-state index contributed by atoms with van der Waals surface area (Å²) in [5.74, 6) is -0.126. The molecular weight excluding hydrogens is 402 g/mol. The molecule has 4 rings (SSSR count). The van der Waals surface area contributed by atoms with E-state index in [2.05, 4.69) is 15.5 Å². The molecule has 0 aliphatic carbocycles. The molecule has 2 N–H and O–H groups in total. The van der Waals surface area contributed by atoms with Crippen LogP contribution in [-0.4, -0.2) is 50.2 Å². The zero-order chi connectivity index (χ0) is 22.2. The Morgan fingerprint density at radius 3 is 2.50 bits per heavy atom. The Balaban J connectivity index is 1.29. The molecule has 6 heteroatoms. The third-order valence-corrected chi connectivity index (χ3v) is 6.07. The van der Waals surface area contributed by atoms with Crippen LogP contribution in [0.15, 0.2) is 60.7 Å². The molecule has 1 unspecified atom stereocenters. The van der Waals surface area contributed by atoms with Gasteiger partial charge in [0.05, 0.1) is 11.7 Å². The van der Waals surface area contributed by atoms with Crippen LogP contribution in [-0.2, 0) is 9.53 Å². The Bertz CT molecular complexity index is 930. The standard InChI is InChI=1S/C26H31N3O3/c30-25(13-12-20-7-2-1-3-8-20)28-21-14-16-29(17-15-21)24-11-5-4-10-23(24)26(31)27-19-22-9-6-18-32-22/h1-5,7-8,10-13,21-22H,6,9,14-19H2,(H,27,31)(H,28,30)/b13-12+. The van der Waals surface area contributed by atoms with Crippen LogP contribution >= 0.6 is 0 Å². The molecule has 0 bridgehead atoms. The van der Waals surface area contributed by atoms with E-state index < -0.39 is 0 Å². The smallest absolute Gasteiger partial charge is 0.253 e. The fourth-order valence-corrected chi connectivity index (χ4v) is 4.30. The topological polar surface area (TPSA) is 70.7 Å². The Kier molecular flexibility index (Phi) is 7.56. The molecule has 2 aromatic rings. The minimum atomic E-state index is -0.0683. The number of hydrogen-bond acceptors (Lipinski definition) is 4. The SMILES string of the molecule is O=C(/C=C/c1ccccc1)NC1CCN(c2ccccc2C(=O)NCC2CCCO2)CC1. The van der Waals surface area contributed by atoms with Crippen molar-refractivity contribution < 1.29 is 14.3 Å². The van der Waals surface area contributed by atoms with Crippen molar-refractivity contribution in [3.8, 4) is 0 Å². The first-order valence-electron chi connectivity index (χ1n) is 11.5. The molecule has 0 radical (unpaired) electrons. The van der Waals surface area contributed by atoms with Crippen molar-refractivity contribution >= 4 is 23.6 Å². The summed E-state index contributed by atoms with van der Waals surface area (Å²) in [6, 6.07) is 17.7. The molecule has 2 aliphatic rings. The van der Waals surface area contributed by atoms with Gasteiger partial charge in [-0.05, 0) is 49.5 Å². The second-order valence-corrected chi connectivity index (χ2v) is 8.38. The summed E-state index contributed by atoms with van der Waals surface area (Å²) >= 11 is 0. The number of carbonyl (C=O) groups excluding carboxylic acids is 2. The van der Waals surface area contributed by atoms with Crippen LogP contribution in [0.4, 0.5) is 5.69 Å². The van der Waals surface area contributed by atoms with Crippen molar-refractivity contribution in [3.63, 3.8) is 0 Å². The third-order valence-electron chi connectivity index (χ3n) is 6.07. The molecule has 168 valence electrons. The van der Waals surface area contributed by atoms with Crippen LogP contribution in [0.1, 0.15) is 41.6 Å². The van der Waals surface area contributed by atoms with Gasteiger partial charge in [0.2, 0.25) is 5.91 Å². The van der Waals surface area contributed by atoms with Crippen molar-refractivity contribution in [2.75, 3.05) is 31.1 Å². The maximum atomic E-state index is 12.8. The zero-order valence-corrected chi connectivity index (χ0v) is 18.3. The van der Waals surface area contributed by atoms with Gasteiger partial charge >= 0.3 is 0 Å². The van der Waals surface area contributed by atoms with Crippen LogP contribution in [0.25, 0.3) is 6.08 Å². The molecule has 2 heterocycles. The number of ether oxygens (including phenoxy) is 1. The Morgan fingerprint density at radius 1 is 1.00 bits per heavy atom. The van der Waals surface area contributed by atoms with Crippen molar-refractivity contribution in [3.05, 3.63) is 71.8 Å². The van der Waals surface area contributed by atoms with Crippen LogP contribution in [0.5, 0.6) is 0 Å². The first-order valence-corrected chi connectivity index (χ1v) is 11.5. The number of hydrogen-bond donors (Lipinski definition) is 2. The van der Waals surface area contributed by atoms with E-state index in [1.165, 1.54) is 0 Å². The van der Waals surface area contributed by atoms with Gasteiger partial charge < -0.3 is 20.3 Å². The van der Waals surface area contributed by atoms with E-state index in [4.69, 9.17) is 4.74 Å². The predicted octanol–water partition coefficient (Wildman–Crippen LogP) is 3.39. The van der Waals surface area contributed by atoms with E-state index in [9.17, 15) is 9.59 Å². The van der Waals surface area contributed by atoms with Gasteiger partial charge in [-0.1, -0.05) is 42.5 Å². The highest BCUT2D eigenvalue weighted by molar-refractivity contribution is 5.99. The van der Waals surface area contributed by atoms with Crippen molar-refractivity contribution in [2.24, 2.45) is 0 Å². The van der Waals surface area contributed by atoms with E-state index in [-0.39, 0.29) is 24.0 Å². The van der Waals surface area contributed by atoms with E-state index in [0.717, 1.165) is 56.6 Å². The summed E-state index contributed by atoms with van der Waals surface area (Å²) in [4.78, 5) is 27.3. The minimum Gasteiger partial charge on any atom is -0.376 e. The highest BCUT2D eigenvalue weighted by atomic mass is 16.5. The lowest BCUT2D eigenvalue weighted by Crippen LogP contribution is -2.45. The van der Waals surface area contributed by atoms with Gasteiger partial charge in [-0.15, -0.1) is 0 Å². The molecule has 2 fully saturated rings. The molecular formula is C26H31N3O3. The average Bonchev–Trinajstić information content (AvgIpc) is 3.36. The summed E-state index contributed by atoms with van der Waals surface area (Å²) in [6.45, 7) is 2.93. The molecule has 1 atom stereocenters. The Morgan fingerprint density at radius 2 is 1.75 bits per heavy atom. The van der Waals surface area contributed by atoms with Gasteiger partial charge in [-0.2, -0.15) is 0 Å². The molecule has 2 aliphatic heterocycles. The lowest BCUT2D eigenvalue weighted by Gasteiger charge is -2.34. The first-order chi connectivity index (χ1) is 15.7. The fourth-order valence-electron chi connectivity index (χ4n) is 4.30. The predicted molar refractivity (Wildman–Crippen MR) is 127 cm³/mol. The maximum Gasteiger partial charge on any atom is 0.253 e. The van der Waals surface area contributed by atoms with Crippen LogP contribution in [0, 0.1) is 0 Å². The molecule has 0 aromatic heterocycles. The molecule has 32 heavy (non-hydrogen) atoms. The number of benzene rings is 2. The summed E-state index contributed by atoms with van der Waals surface area (Å²) in [5.41, 5.74) is 2.65. The number of piperidine rings is 1. The second-order valence-electron chi connectivity index (χ2n) is 8.38. The highest BCUT2D eigenvalue weighted by Crippen LogP contribution is 2.24. The highest BCUT2D eigenvalue weighted by Gasteiger charge is 2.24. The van der Waals surface area contributed by atoms with Gasteiger partial charge in [0, 0.05) is 44.0 Å². The summed E-state index contributed by atoms with van der Waals surface area (Å²) in [6.07, 6.45) is 7.30. The third kappa shape index (κ3) is 5.98. The van der Waals surface area contributed by atoms with Crippen LogP contribution in [0.2, 0.25) is 0 Å². The minimum absolute atomic E-state index is 0.0578. The normalized spacial score (nSPS) is 19.2. The maximum absolute atomic E-state index is 12.8. The van der Waals surface area contributed by atoms with Crippen molar-refractivity contribution in [2.45, 2.75) is 37.8 Å². The van der Waals surface area contributed by atoms with Gasteiger partial charge in [0.1, 0.15) is 0 Å². The summed E-state index contributed by atoms with van der Waals surface area (Å²) in [7, 11) is 0. The van der Waals surface area contributed by atoms with E-state index >= 15 is 0 Å². The molecule has 0 spiro atoms. The zero-order valence-electron chi connectivity index (χ0n) is 18.3. The number of carbonyl (C=O) groups is 2. The fraction of sp³-hybridized carbons (Fsp3) is 0.385. The monoisotopic (exact) mass is 433 g/mol. The van der Waals surface area contributed by atoms with Crippen molar-refractivity contribution in [1.29, 1.82) is 0 Å². The Labute approximate surface area is 189 Å². The lowest BCUT2D eigenvalue weighted by molar-refractivity contribution is -0.117. The second kappa shape index (κ2) is 11.0. The van der Waals surface area contributed by atoms with Gasteiger partial charge in [-0.25, -0.2) is 0 Å². The first kappa shape index (κ1) is 22.1. The number of nitrogens with one attached hydrogen (secondary N) is 2. The van der Waals surface area contributed by atoms with Crippen molar-refractivity contribution in [1.82, 2.24) is 10.6 Å². The number of anilines is 1. The lowest BCUT2D eigenvalue weighted by atomic mass is 10.0. The van der Waals surface area contributed by atoms with Gasteiger partial charge in [0.25, 0.3) is 5.91 Å².